The molecule has 0 aliphatic rings. The lowest BCUT2D eigenvalue weighted by Crippen LogP contribution is -1.98. The van der Waals surface area contributed by atoms with E-state index in [0.29, 0.717) is 0 Å². The van der Waals surface area contributed by atoms with Gasteiger partial charge in [0.1, 0.15) is 11.6 Å². The highest BCUT2D eigenvalue weighted by atomic mass is 19.1. The molecule has 0 unspecified atom stereocenters. The number of nitro benzene ring substituents is 1. The second-order valence-electron chi connectivity index (χ2n) is 4.03. The molecule has 0 bridgehead atoms. The zero-order chi connectivity index (χ0) is 15.4. The summed E-state index contributed by atoms with van der Waals surface area (Å²) in [6, 6.07) is 9.34. The average molecular weight is 288 g/mol. The summed E-state index contributed by atoms with van der Waals surface area (Å²) >= 11 is 0. The second kappa shape index (κ2) is 5.98. The van der Waals surface area contributed by atoms with Crippen LogP contribution in [0.2, 0.25) is 0 Å². The van der Waals surface area contributed by atoms with E-state index in [2.05, 4.69) is 0 Å². The monoisotopic (exact) mass is 288 g/mol. The summed E-state index contributed by atoms with van der Waals surface area (Å²) in [6.45, 7) is -0.605. The Morgan fingerprint density at radius 3 is 2.71 bits per heavy atom. The zero-order valence-corrected chi connectivity index (χ0v) is 10.6. The largest absolute Gasteiger partial charge is 0.450 e. The number of hydrogen-bond acceptors (Lipinski definition) is 5. The fourth-order valence-corrected chi connectivity index (χ4v) is 1.72. The van der Waals surface area contributed by atoms with E-state index in [9.17, 15) is 14.5 Å². The summed E-state index contributed by atoms with van der Waals surface area (Å²) < 4.78 is 18.8. The molecule has 7 heteroatoms. The molecule has 106 valence electrons. The summed E-state index contributed by atoms with van der Waals surface area (Å²) in [5, 5.41) is 28.9. The predicted molar refractivity (Wildman–Crippen MR) is 70.2 cm³/mol. The van der Waals surface area contributed by atoms with Crippen LogP contribution in [0.15, 0.2) is 36.4 Å². The molecule has 2 aromatic carbocycles. The van der Waals surface area contributed by atoms with Crippen LogP contribution in [0.5, 0.6) is 11.5 Å². The van der Waals surface area contributed by atoms with Crippen LogP contribution in [-0.2, 0) is 6.61 Å². The van der Waals surface area contributed by atoms with Crippen LogP contribution >= 0.6 is 0 Å². The number of benzene rings is 2. The smallest absolute Gasteiger partial charge is 0.312 e. The van der Waals surface area contributed by atoms with Gasteiger partial charge in [-0.3, -0.25) is 10.1 Å². The second-order valence-corrected chi connectivity index (χ2v) is 4.03. The number of rotatable bonds is 4. The molecule has 0 aliphatic heterocycles. The normalized spacial score (nSPS) is 9.95. The Labute approximate surface area is 118 Å². The Kier molecular flexibility index (Phi) is 4.11. The van der Waals surface area contributed by atoms with Gasteiger partial charge in [0.15, 0.2) is 0 Å². The third kappa shape index (κ3) is 2.96. The lowest BCUT2D eigenvalue weighted by Gasteiger charge is -2.10. The molecule has 21 heavy (non-hydrogen) atoms. The molecule has 0 fully saturated rings. The number of hydrogen-bond donors (Lipinski definition) is 1. The van der Waals surface area contributed by atoms with Crippen molar-refractivity contribution in [3.8, 4) is 17.6 Å². The molecule has 0 aliphatic carbocycles. The molecule has 2 rings (SSSR count). The van der Waals surface area contributed by atoms with Crippen LogP contribution in [0.4, 0.5) is 10.1 Å². The number of aliphatic hydroxyl groups is 1. The summed E-state index contributed by atoms with van der Waals surface area (Å²) in [7, 11) is 0. The zero-order valence-electron chi connectivity index (χ0n) is 10.6. The van der Waals surface area contributed by atoms with Crippen molar-refractivity contribution >= 4 is 5.69 Å². The SMILES string of the molecule is N#Cc1ccc(Oc2cccc(F)c2CO)c([N+](=O)[O-])c1. The maximum atomic E-state index is 13.5. The number of ether oxygens (including phenoxy) is 1. The molecule has 0 amide bonds. The molecular formula is C14H9FN2O4. The highest BCUT2D eigenvalue weighted by Crippen LogP contribution is 2.34. The Morgan fingerprint density at radius 2 is 2.10 bits per heavy atom. The van der Waals surface area contributed by atoms with E-state index < -0.39 is 23.0 Å². The lowest BCUT2D eigenvalue weighted by molar-refractivity contribution is -0.385. The molecule has 2 aromatic rings. The van der Waals surface area contributed by atoms with E-state index in [-0.39, 0.29) is 22.6 Å². The summed E-state index contributed by atoms with van der Waals surface area (Å²) in [5.74, 6) is -0.837. The Morgan fingerprint density at radius 1 is 1.33 bits per heavy atom. The van der Waals surface area contributed by atoms with Gasteiger partial charge in [-0.15, -0.1) is 0 Å². The van der Waals surface area contributed by atoms with Crippen LogP contribution in [0.1, 0.15) is 11.1 Å². The van der Waals surface area contributed by atoms with E-state index >= 15 is 0 Å². The van der Waals surface area contributed by atoms with Gasteiger partial charge in [-0.2, -0.15) is 5.26 Å². The van der Waals surface area contributed by atoms with Gasteiger partial charge in [-0.05, 0) is 24.3 Å². The molecule has 1 N–H and O–H groups in total. The molecule has 0 radical (unpaired) electrons. The fourth-order valence-electron chi connectivity index (χ4n) is 1.72. The molecule has 0 saturated carbocycles. The molecule has 0 aromatic heterocycles. The van der Waals surface area contributed by atoms with Crippen molar-refractivity contribution in [3.05, 3.63) is 63.5 Å². The van der Waals surface area contributed by atoms with Gasteiger partial charge in [0.05, 0.1) is 28.7 Å². The molecule has 0 heterocycles. The number of nitrogens with zero attached hydrogens (tertiary/aromatic N) is 2. The van der Waals surface area contributed by atoms with Gasteiger partial charge in [0.25, 0.3) is 0 Å². The summed E-state index contributed by atoms with van der Waals surface area (Å²) in [5.41, 5.74) is -0.408. The highest BCUT2D eigenvalue weighted by Gasteiger charge is 2.18. The Balaban J connectivity index is 2.47. The average Bonchev–Trinajstić information content (AvgIpc) is 2.47. The van der Waals surface area contributed by atoms with Crippen LogP contribution in [0.25, 0.3) is 0 Å². The van der Waals surface area contributed by atoms with Crippen molar-refractivity contribution in [1.82, 2.24) is 0 Å². The maximum absolute atomic E-state index is 13.5. The van der Waals surface area contributed by atoms with Gasteiger partial charge in [-0.25, -0.2) is 4.39 Å². The Bertz CT molecular complexity index is 740. The molecule has 0 spiro atoms. The topological polar surface area (TPSA) is 96.4 Å². The molecule has 0 saturated heterocycles. The van der Waals surface area contributed by atoms with Gasteiger partial charge in [-0.1, -0.05) is 6.07 Å². The quantitative estimate of drug-likeness (QED) is 0.689. The van der Waals surface area contributed by atoms with Crippen molar-refractivity contribution in [3.63, 3.8) is 0 Å². The molecular weight excluding hydrogens is 279 g/mol. The number of nitro groups is 1. The van der Waals surface area contributed by atoms with Gasteiger partial charge in [0.2, 0.25) is 5.75 Å². The van der Waals surface area contributed by atoms with Gasteiger partial charge in [0, 0.05) is 6.07 Å². The third-order valence-electron chi connectivity index (χ3n) is 2.74. The molecule has 6 nitrogen and oxygen atoms in total. The van der Waals surface area contributed by atoms with Crippen molar-refractivity contribution < 1.29 is 19.2 Å². The standard InChI is InChI=1S/C14H9FN2O4/c15-11-2-1-3-13(10(11)8-18)21-14-5-4-9(7-16)6-12(14)17(19)20/h1-6,18H,8H2. The number of aliphatic hydroxyl groups excluding tert-OH is 1. The van der Waals surface area contributed by atoms with Crippen molar-refractivity contribution in [1.29, 1.82) is 5.26 Å². The first-order valence-corrected chi connectivity index (χ1v) is 5.81. The van der Waals surface area contributed by atoms with E-state index in [1.54, 1.807) is 6.07 Å². The number of nitriles is 1. The first kappa shape index (κ1) is 14.4. The minimum atomic E-state index is -0.700. The highest BCUT2D eigenvalue weighted by molar-refractivity contribution is 5.53. The van der Waals surface area contributed by atoms with Gasteiger partial charge >= 0.3 is 5.69 Å². The van der Waals surface area contributed by atoms with E-state index in [0.717, 1.165) is 12.1 Å². The van der Waals surface area contributed by atoms with E-state index in [1.165, 1.54) is 24.3 Å². The van der Waals surface area contributed by atoms with Crippen LogP contribution < -0.4 is 4.74 Å². The first-order chi connectivity index (χ1) is 10.1. The van der Waals surface area contributed by atoms with Crippen LogP contribution in [0, 0.1) is 27.3 Å². The fraction of sp³-hybridized carbons (Fsp3) is 0.0714. The van der Waals surface area contributed by atoms with Crippen LogP contribution in [0.3, 0.4) is 0 Å². The minimum Gasteiger partial charge on any atom is -0.450 e. The minimum absolute atomic E-state index is 0.0229. The summed E-state index contributed by atoms with van der Waals surface area (Å²) in [4.78, 5) is 10.3. The summed E-state index contributed by atoms with van der Waals surface area (Å²) in [6.07, 6.45) is 0. The first-order valence-electron chi connectivity index (χ1n) is 5.81. The lowest BCUT2D eigenvalue weighted by atomic mass is 10.2. The Hall–Kier alpha value is -2.98. The third-order valence-corrected chi connectivity index (χ3v) is 2.74. The van der Waals surface area contributed by atoms with Crippen molar-refractivity contribution in [2.45, 2.75) is 6.61 Å². The van der Waals surface area contributed by atoms with E-state index in [1.807, 2.05) is 0 Å². The predicted octanol–water partition coefficient (Wildman–Crippen LogP) is 2.89. The van der Waals surface area contributed by atoms with Gasteiger partial charge < -0.3 is 9.84 Å². The van der Waals surface area contributed by atoms with Crippen molar-refractivity contribution in [2.75, 3.05) is 0 Å². The van der Waals surface area contributed by atoms with Crippen LogP contribution in [-0.4, -0.2) is 10.0 Å². The number of halogens is 1. The van der Waals surface area contributed by atoms with Crippen molar-refractivity contribution in [2.24, 2.45) is 0 Å². The van der Waals surface area contributed by atoms with E-state index in [4.69, 9.17) is 15.1 Å². The maximum Gasteiger partial charge on any atom is 0.312 e. The molecule has 0 atom stereocenters.